The van der Waals surface area contributed by atoms with Crippen molar-refractivity contribution < 1.29 is 14.3 Å². The van der Waals surface area contributed by atoms with E-state index in [2.05, 4.69) is 4.74 Å². The molecule has 0 N–H and O–H groups in total. The van der Waals surface area contributed by atoms with Gasteiger partial charge in [0.15, 0.2) is 0 Å². The third-order valence-electron chi connectivity index (χ3n) is 2.08. The van der Waals surface area contributed by atoms with Crippen LogP contribution in [0.4, 0.5) is 0 Å². The van der Waals surface area contributed by atoms with Gasteiger partial charge in [0.1, 0.15) is 0 Å². The maximum absolute atomic E-state index is 10.6. The number of carbonyl (C=O) groups excluding carboxylic acids is 2. The van der Waals surface area contributed by atoms with Crippen LogP contribution in [0, 0.1) is 11.8 Å². The third kappa shape index (κ3) is 0.465. The Morgan fingerprint density at radius 3 is 1.78 bits per heavy atom. The standard InChI is InChI=1S/C6H6O3/c7-5-3-1-2-4(3)6(8)9-5/h3-4H,1-2H2. The lowest BCUT2D eigenvalue weighted by atomic mass is 9.76. The monoisotopic (exact) mass is 126 g/mol. The van der Waals surface area contributed by atoms with E-state index in [1.54, 1.807) is 0 Å². The molecule has 0 radical (unpaired) electrons. The Morgan fingerprint density at radius 1 is 1.11 bits per heavy atom. The quantitative estimate of drug-likeness (QED) is 0.341. The van der Waals surface area contributed by atoms with Gasteiger partial charge in [-0.2, -0.15) is 0 Å². The smallest absolute Gasteiger partial charge is 0.317 e. The van der Waals surface area contributed by atoms with Crippen molar-refractivity contribution in [2.45, 2.75) is 12.8 Å². The lowest BCUT2D eigenvalue weighted by Crippen LogP contribution is -2.27. The first-order valence-electron chi connectivity index (χ1n) is 3.04. The summed E-state index contributed by atoms with van der Waals surface area (Å²) >= 11 is 0. The molecular formula is C6H6O3. The average Bonchev–Trinajstić information content (AvgIpc) is 1.73. The van der Waals surface area contributed by atoms with Crippen molar-refractivity contribution in [3.05, 3.63) is 0 Å². The average molecular weight is 126 g/mol. The molecular weight excluding hydrogens is 120 g/mol. The van der Waals surface area contributed by atoms with E-state index in [9.17, 15) is 9.59 Å². The van der Waals surface area contributed by atoms with E-state index in [0.29, 0.717) is 0 Å². The summed E-state index contributed by atoms with van der Waals surface area (Å²) in [4.78, 5) is 21.2. The highest BCUT2D eigenvalue weighted by Crippen LogP contribution is 2.40. The Labute approximate surface area is 52.0 Å². The molecule has 48 valence electrons. The zero-order valence-electron chi connectivity index (χ0n) is 4.79. The van der Waals surface area contributed by atoms with Crippen molar-refractivity contribution in [3.8, 4) is 0 Å². The predicted octanol–water partition coefficient (Wildman–Crippen LogP) is 0.0960. The Balaban J connectivity index is 2.26. The molecule has 3 nitrogen and oxygen atoms in total. The van der Waals surface area contributed by atoms with Gasteiger partial charge in [-0.25, -0.2) is 0 Å². The number of hydrogen-bond donors (Lipinski definition) is 0. The van der Waals surface area contributed by atoms with Gasteiger partial charge in [0.2, 0.25) is 0 Å². The van der Waals surface area contributed by atoms with Crippen LogP contribution >= 0.6 is 0 Å². The lowest BCUT2D eigenvalue weighted by Gasteiger charge is -2.22. The van der Waals surface area contributed by atoms with Gasteiger partial charge in [0, 0.05) is 0 Å². The summed E-state index contributed by atoms with van der Waals surface area (Å²) in [5.74, 6) is -0.762. The van der Waals surface area contributed by atoms with E-state index in [1.807, 2.05) is 0 Å². The minimum Gasteiger partial charge on any atom is -0.393 e. The van der Waals surface area contributed by atoms with Crippen LogP contribution < -0.4 is 0 Å². The fraction of sp³-hybridized carbons (Fsp3) is 0.667. The molecule has 2 atom stereocenters. The molecule has 2 rings (SSSR count). The van der Waals surface area contributed by atoms with Gasteiger partial charge in [-0.15, -0.1) is 0 Å². The lowest BCUT2D eigenvalue weighted by molar-refractivity contribution is -0.153. The van der Waals surface area contributed by atoms with Gasteiger partial charge in [-0.3, -0.25) is 9.59 Å². The van der Waals surface area contributed by atoms with Crippen LogP contribution in [0.1, 0.15) is 12.8 Å². The summed E-state index contributed by atoms with van der Waals surface area (Å²) < 4.78 is 4.37. The summed E-state index contributed by atoms with van der Waals surface area (Å²) in [6.45, 7) is 0. The van der Waals surface area contributed by atoms with Crippen molar-refractivity contribution in [2.24, 2.45) is 11.8 Å². The summed E-state index contributed by atoms with van der Waals surface area (Å²) in [6, 6.07) is 0. The number of carbonyl (C=O) groups is 2. The van der Waals surface area contributed by atoms with E-state index in [1.165, 1.54) is 0 Å². The number of ether oxygens (including phenoxy) is 1. The predicted molar refractivity (Wildman–Crippen MR) is 27.3 cm³/mol. The van der Waals surface area contributed by atoms with Gasteiger partial charge in [-0.05, 0) is 12.8 Å². The first-order chi connectivity index (χ1) is 4.29. The fourth-order valence-corrected chi connectivity index (χ4v) is 1.31. The van der Waals surface area contributed by atoms with E-state index in [4.69, 9.17) is 0 Å². The summed E-state index contributed by atoms with van der Waals surface area (Å²) in [6.07, 6.45) is 1.68. The van der Waals surface area contributed by atoms with Gasteiger partial charge >= 0.3 is 11.9 Å². The minimum atomic E-state index is -0.309. The van der Waals surface area contributed by atoms with Crippen molar-refractivity contribution in [1.82, 2.24) is 0 Å². The first-order valence-corrected chi connectivity index (χ1v) is 3.04. The van der Waals surface area contributed by atoms with Crippen LogP contribution in [0.3, 0.4) is 0 Å². The molecule has 0 aromatic carbocycles. The van der Waals surface area contributed by atoms with Crippen molar-refractivity contribution in [2.75, 3.05) is 0 Å². The molecule has 2 unspecified atom stereocenters. The molecule has 0 amide bonds. The minimum absolute atomic E-state index is 0.0718. The maximum atomic E-state index is 10.6. The topological polar surface area (TPSA) is 43.4 Å². The van der Waals surface area contributed by atoms with E-state index in [-0.39, 0.29) is 23.8 Å². The summed E-state index contributed by atoms with van der Waals surface area (Å²) in [7, 11) is 0. The van der Waals surface area contributed by atoms with E-state index >= 15 is 0 Å². The van der Waals surface area contributed by atoms with Gasteiger partial charge < -0.3 is 4.74 Å². The molecule has 0 bridgehead atoms. The number of esters is 2. The molecule has 1 saturated heterocycles. The zero-order valence-corrected chi connectivity index (χ0v) is 4.79. The number of hydrogen-bond acceptors (Lipinski definition) is 3. The van der Waals surface area contributed by atoms with Crippen LogP contribution in [0.25, 0.3) is 0 Å². The third-order valence-corrected chi connectivity index (χ3v) is 2.08. The molecule has 2 fully saturated rings. The van der Waals surface area contributed by atoms with E-state index in [0.717, 1.165) is 12.8 Å². The Kier molecular flexibility index (Phi) is 0.743. The molecule has 1 aliphatic carbocycles. The molecule has 9 heavy (non-hydrogen) atoms. The largest absolute Gasteiger partial charge is 0.393 e. The summed E-state index contributed by atoms with van der Waals surface area (Å²) in [5, 5.41) is 0. The van der Waals surface area contributed by atoms with Crippen LogP contribution in [-0.4, -0.2) is 11.9 Å². The molecule has 1 saturated carbocycles. The second-order valence-corrected chi connectivity index (χ2v) is 2.53. The zero-order chi connectivity index (χ0) is 6.43. The van der Waals surface area contributed by atoms with Crippen LogP contribution in [0.5, 0.6) is 0 Å². The Morgan fingerprint density at radius 2 is 1.56 bits per heavy atom. The Hall–Kier alpha value is -0.860. The fourth-order valence-electron chi connectivity index (χ4n) is 1.31. The van der Waals surface area contributed by atoms with Gasteiger partial charge in [0.05, 0.1) is 11.8 Å². The molecule has 0 aromatic rings. The highest BCUT2D eigenvalue weighted by molar-refractivity contribution is 5.97. The van der Waals surface area contributed by atoms with E-state index < -0.39 is 0 Å². The van der Waals surface area contributed by atoms with Crippen LogP contribution in [-0.2, 0) is 14.3 Å². The number of cyclic esters (lactones) is 2. The van der Waals surface area contributed by atoms with Crippen molar-refractivity contribution in [1.29, 1.82) is 0 Å². The second kappa shape index (κ2) is 1.35. The molecule has 0 aromatic heterocycles. The van der Waals surface area contributed by atoms with Gasteiger partial charge in [-0.1, -0.05) is 0 Å². The van der Waals surface area contributed by atoms with Crippen LogP contribution in [0.2, 0.25) is 0 Å². The second-order valence-electron chi connectivity index (χ2n) is 2.53. The molecule has 0 spiro atoms. The maximum Gasteiger partial charge on any atom is 0.317 e. The molecule has 3 heteroatoms. The van der Waals surface area contributed by atoms with Gasteiger partial charge in [0.25, 0.3) is 0 Å². The highest BCUT2D eigenvalue weighted by atomic mass is 16.6. The normalized spacial score (nSPS) is 39.6. The summed E-state index contributed by atoms with van der Waals surface area (Å²) in [5.41, 5.74) is 0. The SMILES string of the molecule is O=C1OC(=O)C2CCC12. The van der Waals surface area contributed by atoms with Crippen molar-refractivity contribution >= 4 is 11.9 Å². The number of rotatable bonds is 0. The first kappa shape index (κ1) is 4.97. The molecule has 1 heterocycles. The number of fused-ring (bicyclic) bond motifs is 1. The van der Waals surface area contributed by atoms with Crippen molar-refractivity contribution in [3.63, 3.8) is 0 Å². The highest BCUT2D eigenvalue weighted by Gasteiger charge is 2.50. The Bertz CT molecular complexity index is 165. The molecule has 1 aliphatic heterocycles. The van der Waals surface area contributed by atoms with Crippen LogP contribution in [0.15, 0.2) is 0 Å². The molecule has 2 aliphatic rings.